The van der Waals surface area contributed by atoms with Gasteiger partial charge < -0.3 is 9.80 Å². The van der Waals surface area contributed by atoms with Gasteiger partial charge in [0.15, 0.2) is 0 Å². The highest BCUT2D eigenvalue weighted by Gasteiger charge is 2.21. The van der Waals surface area contributed by atoms with Crippen molar-refractivity contribution in [1.29, 1.82) is 0 Å². The number of aryl methyl sites for hydroxylation is 1. The summed E-state index contributed by atoms with van der Waals surface area (Å²) in [4.78, 5) is 27.0. The summed E-state index contributed by atoms with van der Waals surface area (Å²) in [7, 11) is 1.92. The van der Waals surface area contributed by atoms with Crippen LogP contribution >= 0.6 is 0 Å². The van der Waals surface area contributed by atoms with Crippen LogP contribution in [0.3, 0.4) is 0 Å². The van der Waals surface area contributed by atoms with Crippen LogP contribution in [-0.2, 0) is 9.59 Å². The molecule has 0 saturated carbocycles. The third-order valence-corrected chi connectivity index (χ3v) is 3.49. The number of nitrogens with zero attached hydrogens (tertiary/aromatic N) is 2. The van der Waals surface area contributed by atoms with Gasteiger partial charge in [0.25, 0.3) is 0 Å². The first-order valence-electron chi connectivity index (χ1n) is 6.63. The molecule has 1 fully saturated rings. The lowest BCUT2D eigenvalue weighted by Gasteiger charge is -2.28. The average Bonchev–Trinajstić information content (AvgIpc) is 2.39. The number of likely N-dealkylation sites (tertiary alicyclic amines) is 1. The van der Waals surface area contributed by atoms with Gasteiger partial charge in [-0.2, -0.15) is 0 Å². The highest BCUT2D eigenvalue weighted by atomic mass is 16.2. The lowest BCUT2D eigenvalue weighted by molar-refractivity contribution is -0.133. The van der Waals surface area contributed by atoms with Crippen LogP contribution in [0.5, 0.6) is 0 Å². The highest BCUT2D eigenvalue weighted by molar-refractivity contribution is 5.85. The van der Waals surface area contributed by atoms with Gasteiger partial charge in [0.05, 0.1) is 6.54 Å². The Morgan fingerprint density at radius 1 is 1.32 bits per heavy atom. The molecule has 102 valence electrons. The Kier molecular flexibility index (Phi) is 4.20. The zero-order chi connectivity index (χ0) is 13.8. The maximum Gasteiger partial charge on any atom is 0.242 e. The van der Waals surface area contributed by atoms with Crippen molar-refractivity contribution in [3.8, 4) is 0 Å². The molecule has 4 nitrogen and oxygen atoms in total. The molecule has 0 unspecified atom stereocenters. The zero-order valence-corrected chi connectivity index (χ0v) is 11.6. The van der Waals surface area contributed by atoms with E-state index >= 15 is 0 Å². The topological polar surface area (TPSA) is 40.6 Å². The number of carbonyl (C=O) groups is 2. The van der Waals surface area contributed by atoms with E-state index in [4.69, 9.17) is 0 Å². The molecule has 0 aliphatic carbocycles. The molecule has 0 bridgehead atoms. The van der Waals surface area contributed by atoms with Crippen LogP contribution in [-0.4, -0.2) is 43.3 Å². The summed E-state index contributed by atoms with van der Waals surface area (Å²) < 4.78 is 0. The van der Waals surface area contributed by atoms with E-state index in [1.54, 1.807) is 4.90 Å². The Labute approximate surface area is 114 Å². The molecule has 4 heteroatoms. The van der Waals surface area contributed by atoms with Crippen molar-refractivity contribution < 1.29 is 9.59 Å². The maximum atomic E-state index is 12.1. The first-order chi connectivity index (χ1) is 9.06. The summed E-state index contributed by atoms with van der Waals surface area (Å²) in [5.41, 5.74) is 2.22. The van der Waals surface area contributed by atoms with Crippen LogP contribution in [0.15, 0.2) is 24.3 Å². The molecule has 19 heavy (non-hydrogen) atoms. The SMILES string of the molecule is Cc1cccc(N(C)CC(=O)N2CCC(=O)CC2)c1. The quantitative estimate of drug-likeness (QED) is 0.829. The fourth-order valence-electron chi connectivity index (χ4n) is 2.27. The number of Topliss-reactive ketones (excluding diaryl/α,β-unsaturated/α-hetero) is 1. The second-order valence-electron chi connectivity index (χ2n) is 5.11. The number of hydrogen-bond donors (Lipinski definition) is 0. The summed E-state index contributed by atoms with van der Waals surface area (Å²) >= 11 is 0. The van der Waals surface area contributed by atoms with E-state index in [1.807, 2.05) is 37.1 Å². The second kappa shape index (κ2) is 5.87. The number of likely N-dealkylation sites (N-methyl/N-ethyl adjacent to an activating group) is 1. The minimum absolute atomic E-state index is 0.0940. The molecule has 1 aliphatic rings. The number of anilines is 1. The Bertz CT molecular complexity index is 475. The van der Waals surface area contributed by atoms with E-state index in [0.717, 1.165) is 5.69 Å². The molecule has 1 aromatic rings. The van der Waals surface area contributed by atoms with Crippen LogP contribution < -0.4 is 4.90 Å². The van der Waals surface area contributed by atoms with Gasteiger partial charge in [-0.05, 0) is 24.6 Å². The van der Waals surface area contributed by atoms with Crippen LogP contribution in [0.25, 0.3) is 0 Å². The van der Waals surface area contributed by atoms with E-state index in [2.05, 4.69) is 6.07 Å². The van der Waals surface area contributed by atoms with Gasteiger partial charge >= 0.3 is 0 Å². The largest absolute Gasteiger partial charge is 0.365 e. The van der Waals surface area contributed by atoms with Crippen molar-refractivity contribution in [1.82, 2.24) is 4.90 Å². The van der Waals surface area contributed by atoms with Crippen molar-refractivity contribution in [2.24, 2.45) is 0 Å². The Balaban J connectivity index is 1.93. The average molecular weight is 260 g/mol. The van der Waals surface area contributed by atoms with Crippen LogP contribution in [0.4, 0.5) is 5.69 Å². The smallest absolute Gasteiger partial charge is 0.242 e. The molecular formula is C15H20N2O2. The fraction of sp³-hybridized carbons (Fsp3) is 0.467. The molecule has 0 radical (unpaired) electrons. The Hall–Kier alpha value is -1.84. The van der Waals surface area contributed by atoms with Gasteiger partial charge in [-0.1, -0.05) is 12.1 Å². The van der Waals surface area contributed by atoms with Crippen molar-refractivity contribution in [3.05, 3.63) is 29.8 Å². The first-order valence-corrected chi connectivity index (χ1v) is 6.63. The molecule has 0 N–H and O–H groups in total. The summed E-state index contributed by atoms with van der Waals surface area (Å²) in [5, 5.41) is 0. The van der Waals surface area contributed by atoms with Crippen molar-refractivity contribution in [2.45, 2.75) is 19.8 Å². The third kappa shape index (κ3) is 3.56. The molecule has 1 amide bonds. The minimum atomic E-state index is 0.0940. The van der Waals surface area contributed by atoms with Crippen molar-refractivity contribution in [3.63, 3.8) is 0 Å². The zero-order valence-electron chi connectivity index (χ0n) is 11.6. The van der Waals surface area contributed by atoms with E-state index in [9.17, 15) is 9.59 Å². The lowest BCUT2D eigenvalue weighted by atomic mass is 10.1. The molecule has 0 spiro atoms. The number of rotatable bonds is 3. The summed E-state index contributed by atoms with van der Waals surface area (Å²) in [5.74, 6) is 0.354. The van der Waals surface area contributed by atoms with Gasteiger partial charge in [-0.25, -0.2) is 0 Å². The lowest BCUT2D eigenvalue weighted by Crippen LogP contribution is -2.43. The van der Waals surface area contributed by atoms with Gasteiger partial charge in [-0.3, -0.25) is 9.59 Å². The Morgan fingerprint density at radius 2 is 2.00 bits per heavy atom. The number of ketones is 1. The van der Waals surface area contributed by atoms with E-state index in [-0.39, 0.29) is 11.7 Å². The predicted octanol–water partition coefficient (Wildman–Crippen LogP) is 1.62. The van der Waals surface area contributed by atoms with Gasteiger partial charge in [0, 0.05) is 38.7 Å². The van der Waals surface area contributed by atoms with Gasteiger partial charge in [0.2, 0.25) is 5.91 Å². The minimum Gasteiger partial charge on any atom is -0.365 e. The maximum absolute atomic E-state index is 12.1. The van der Waals surface area contributed by atoms with Gasteiger partial charge in [0.1, 0.15) is 5.78 Å². The highest BCUT2D eigenvalue weighted by Crippen LogP contribution is 2.15. The molecule has 2 rings (SSSR count). The van der Waals surface area contributed by atoms with Crippen LogP contribution in [0.2, 0.25) is 0 Å². The van der Waals surface area contributed by atoms with Crippen molar-refractivity contribution >= 4 is 17.4 Å². The van der Waals surface area contributed by atoms with E-state index in [0.29, 0.717) is 32.5 Å². The summed E-state index contributed by atoms with van der Waals surface area (Å²) in [6, 6.07) is 8.09. The third-order valence-electron chi connectivity index (χ3n) is 3.49. The molecule has 1 saturated heterocycles. The number of hydrogen-bond acceptors (Lipinski definition) is 3. The normalized spacial score (nSPS) is 15.5. The summed E-state index contributed by atoms with van der Waals surface area (Å²) in [6.07, 6.45) is 1.000. The molecule has 0 aromatic heterocycles. The van der Waals surface area contributed by atoms with Crippen LogP contribution in [0.1, 0.15) is 18.4 Å². The Morgan fingerprint density at radius 3 is 2.63 bits per heavy atom. The monoisotopic (exact) mass is 260 g/mol. The standard InChI is InChI=1S/C15H20N2O2/c1-12-4-3-5-13(10-12)16(2)11-15(19)17-8-6-14(18)7-9-17/h3-5,10H,6-9,11H2,1-2H3. The van der Waals surface area contributed by atoms with Crippen molar-refractivity contribution in [2.75, 3.05) is 31.6 Å². The number of carbonyl (C=O) groups excluding carboxylic acids is 2. The number of benzene rings is 1. The van der Waals surface area contributed by atoms with E-state index in [1.165, 1.54) is 5.56 Å². The first kappa shape index (κ1) is 13.6. The number of amides is 1. The number of piperidine rings is 1. The van der Waals surface area contributed by atoms with E-state index < -0.39 is 0 Å². The van der Waals surface area contributed by atoms with Gasteiger partial charge in [-0.15, -0.1) is 0 Å². The second-order valence-corrected chi connectivity index (χ2v) is 5.11. The molecule has 1 heterocycles. The molecule has 1 aliphatic heterocycles. The molecular weight excluding hydrogens is 240 g/mol. The van der Waals surface area contributed by atoms with Crippen LogP contribution in [0, 0.1) is 6.92 Å². The summed E-state index contributed by atoms with van der Waals surface area (Å²) in [6.45, 7) is 3.53. The molecule has 1 aromatic carbocycles. The fourth-order valence-corrected chi connectivity index (χ4v) is 2.27. The molecule has 0 atom stereocenters. The predicted molar refractivity (Wildman–Crippen MR) is 75.3 cm³/mol.